The summed E-state index contributed by atoms with van der Waals surface area (Å²) < 4.78 is 12.9. The molecule has 1 fully saturated rings. The van der Waals surface area contributed by atoms with Crippen molar-refractivity contribution < 1.29 is 14.6 Å². The third-order valence-corrected chi connectivity index (χ3v) is 4.59. The van der Waals surface area contributed by atoms with E-state index in [4.69, 9.17) is 0 Å². The summed E-state index contributed by atoms with van der Waals surface area (Å²) in [6.45, 7) is 3.99. The van der Waals surface area contributed by atoms with Gasteiger partial charge in [0.1, 0.15) is 17.5 Å². The standard InChI is InChI=1S/C15H22FNO2/c1-3-11-6-4-5-10(2)15(11,19)14(18)13-8-7-12(16)9-17-13/h7-11,14,18-19H,3-6H2,1-2H3/t10-,11?,14?,15?/m1/s1. The van der Waals surface area contributed by atoms with Crippen LogP contribution in [0.1, 0.15) is 51.3 Å². The molecule has 106 valence electrons. The van der Waals surface area contributed by atoms with Crippen LogP contribution in [0, 0.1) is 17.7 Å². The summed E-state index contributed by atoms with van der Waals surface area (Å²) in [5.41, 5.74) is -0.825. The summed E-state index contributed by atoms with van der Waals surface area (Å²) in [6, 6.07) is 2.72. The lowest BCUT2D eigenvalue weighted by molar-refractivity contribution is -0.168. The molecule has 19 heavy (non-hydrogen) atoms. The van der Waals surface area contributed by atoms with Crippen molar-refractivity contribution in [1.29, 1.82) is 0 Å². The fourth-order valence-corrected chi connectivity index (χ4v) is 3.35. The van der Waals surface area contributed by atoms with Crippen LogP contribution in [-0.4, -0.2) is 20.8 Å². The molecule has 4 heteroatoms. The van der Waals surface area contributed by atoms with E-state index in [9.17, 15) is 14.6 Å². The van der Waals surface area contributed by atoms with Gasteiger partial charge in [0.15, 0.2) is 0 Å². The zero-order valence-corrected chi connectivity index (χ0v) is 11.5. The molecule has 0 aromatic carbocycles. The first kappa shape index (κ1) is 14.4. The van der Waals surface area contributed by atoms with E-state index in [1.807, 2.05) is 13.8 Å². The Morgan fingerprint density at radius 1 is 1.47 bits per heavy atom. The number of nitrogens with zero attached hydrogens (tertiary/aromatic N) is 1. The Hall–Kier alpha value is -1.00. The Balaban J connectivity index is 2.32. The first-order valence-corrected chi connectivity index (χ1v) is 7.02. The molecule has 3 nitrogen and oxygen atoms in total. The van der Waals surface area contributed by atoms with E-state index in [-0.39, 0.29) is 11.8 Å². The third-order valence-electron chi connectivity index (χ3n) is 4.59. The van der Waals surface area contributed by atoms with Gasteiger partial charge in [0.05, 0.1) is 11.9 Å². The van der Waals surface area contributed by atoms with Crippen LogP contribution >= 0.6 is 0 Å². The van der Waals surface area contributed by atoms with Crippen LogP contribution in [0.2, 0.25) is 0 Å². The van der Waals surface area contributed by atoms with E-state index in [1.54, 1.807) is 0 Å². The van der Waals surface area contributed by atoms with Crippen molar-refractivity contribution >= 4 is 0 Å². The van der Waals surface area contributed by atoms with Crippen molar-refractivity contribution in [3.63, 3.8) is 0 Å². The first-order valence-electron chi connectivity index (χ1n) is 7.02. The maximum Gasteiger partial charge on any atom is 0.141 e. The number of aliphatic hydroxyl groups is 2. The topological polar surface area (TPSA) is 53.4 Å². The molecule has 0 radical (unpaired) electrons. The Kier molecular flexibility index (Phi) is 4.21. The Morgan fingerprint density at radius 3 is 2.79 bits per heavy atom. The van der Waals surface area contributed by atoms with Crippen molar-refractivity contribution in [1.82, 2.24) is 4.98 Å². The highest BCUT2D eigenvalue weighted by Crippen LogP contribution is 2.46. The van der Waals surface area contributed by atoms with Crippen LogP contribution in [-0.2, 0) is 0 Å². The van der Waals surface area contributed by atoms with Crippen molar-refractivity contribution in [2.75, 3.05) is 0 Å². The third kappa shape index (κ3) is 2.51. The number of aromatic nitrogens is 1. The molecule has 2 rings (SSSR count). The Morgan fingerprint density at radius 2 is 2.21 bits per heavy atom. The lowest BCUT2D eigenvalue weighted by atomic mass is 9.65. The zero-order chi connectivity index (χ0) is 14.0. The number of rotatable bonds is 3. The predicted molar refractivity (Wildman–Crippen MR) is 70.9 cm³/mol. The molecule has 1 saturated carbocycles. The summed E-state index contributed by atoms with van der Waals surface area (Å²) in [5.74, 6) is -0.377. The second kappa shape index (κ2) is 5.55. The highest BCUT2D eigenvalue weighted by Gasteiger charge is 2.49. The summed E-state index contributed by atoms with van der Waals surface area (Å²) in [4.78, 5) is 3.92. The van der Waals surface area contributed by atoms with Crippen LogP contribution < -0.4 is 0 Å². The lowest BCUT2D eigenvalue weighted by Crippen LogP contribution is -2.51. The minimum atomic E-state index is -1.17. The number of halogens is 1. The zero-order valence-electron chi connectivity index (χ0n) is 11.5. The molecule has 1 aromatic rings. The van der Waals surface area contributed by atoms with Gasteiger partial charge in [0.2, 0.25) is 0 Å². The van der Waals surface area contributed by atoms with E-state index < -0.39 is 17.5 Å². The van der Waals surface area contributed by atoms with Gasteiger partial charge in [-0.15, -0.1) is 0 Å². The van der Waals surface area contributed by atoms with Gasteiger partial charge in [-0.2, -0.15) is 0 Å². The van der Waals surface area contributed by atoms with Crippen LogP contribution in [0.15, 0.2) is 18.3 Å². The maximum absolute atomic E-state index is 12.9. The average Bonchev–Trinajstić information content (AvgIpc) is 2.42. The molecular weight excluding hydrogens is 245 g/mol. The number of aliphatic hydroxyl groups excluding tert-OH is 1. The van der Waals surface area contributed by atoms with Crippen LogP contribution in [0.3, 0.4) is 0 Å². The van der Waals surface area contributed by atoms with E-state index in [0.29, 0.717) is 5.69 Å². The first-order chi connectivity index (χ1) is 9.00. The van der Waals surface area contributed by atoms with Gasteiger partial charge in [-0.05, 0) is 36.8 Å². The normalized spacial score (nSPS) is 33.1. The van der Waals surface area contributed by atoms with Gasteiger partial charge >= 0.3 is 0 Å². The molecule has 1 aliphatic carbocycles. The van der Waals surface area contributed by atoms with Crippen molar-refractivity contribution in [2.45, 2.75) is 51.2 Å². The van der Waals surface area contributed by atoms with Crippen LogP contribution in [0.5, 0.6) is 0 Å². The van der Waals surface area contributed by atoms with E-state index in [1.165, 1.54) is 12.1 Å². The molecule has 1 aromatic heterocycles. The minimum absolute atomic E-state index is 0.00746. The van der Waals surface area contributed by atoms with Crippen molar-refractivity contribution in [3.05, 3.63) is 29.8 Å². The SMILES string of the molecule is CCC1CCC[C@@H](C)C1(O)C(O)c1ccc(F)cn1. The lowest BCUT2D eigenvalue weighted by Gasteiger charge is -2.47. The largest absolute Gasteiger partial charge is 0.386 e. The van der Waals surface area contributed by atoms with Gasteiger partial charge < -0.3 is 10.2 Å². The summed E-state index contributed by atoms with van der Waals surface area (Å²) in [5, 5.41) is 21.5. The molecule has 2 N–H and O–H groups in total. The van der Waals surface area contributed by atoms with Crippen molar-refractivity contribution in [3.8, 4) is 0 Å². The molecule has 3 unspecified atom stereocenters. The van der Waals surface area contributed by atoms with Gasteiger partial charge in [-0.1, -0.05) is 26.7 Å². The van der Waals surface area contributed by atoms with E-state index in [0.717, 1.165) is 31.9 Å². The number of hydrogen-bond acceptors (Lipinski definition) is 3. The summed E-state index contributed by atoms with van der Waals surface area (Å²) >= 11 is 0. The monoisotopic (exact) mass is 267 g/mol. The average molecular weight is 267 g/mol. The number of pyridine rings is 1. The van der Waals surface area contributed by atoms with E-state index >= 15 is 0 Å². The molecule has 4 atom stereocenters. The maximum atomic E-state index is 12.9. The highest BCUT2D eigenvalue weighted by atomic mass is 19.1. The fourth-order valence-electron chi connectivity index (χ4n) is 3.35. The summed E-state index contributed by atoms with van der Waals surface area (Å²) in [7, 11) is 0. The van der Waals surface area contributed by atoms with Crippen LogP contribution in [0.25, 0.3) is 0 Å². The second-order valence-corrected chi connectivity index (χ2v) is 5.63. The summed E-state index contributed by atoms with van der Waals surface area (Å²) in [6.07, 6.45) is 3.72. The smallest absolute Gasteiger partial charge is 0.141 e. The van der Waals surface area contributed by atoms with Gasteiger partial charge in [-0.3, -0.25) is 4.98 Å². The number of hydrogen-bond donors (Lipinski definition) is 2. The molecule has 1 heterocycles. The molecule has 0 bridgehead atoms. The Labute approximate surface area is 113 Å². The molecule has 0 spiro atoms. The van der Waals surface area contributed by atoms with Gasteiger partial charge in [0.25, 0.3) is 0 Å². The van der Waals surface area contributed by atoms with Gasteiger partial charge in [-0.25, -0.2) is 4.39 Å². The molecule has 0 aliphatic heterocycles. The van der Waals surface area contributed by atoms with Crippen molar-refractivity contribution in [2.24, 2.45) is 11.8 Å². The fraction of sp³-hybridized carbons (Fsp3) is 0.667. The molecular formula is C15H22FNO2. The molecule has 0 saturated heterocycles. The second-order valence-electron chi connectivity index (χ2n) is 5.63. The minimum Gasteiger partial charge on any atom is -0.386 e. The predicted octanol–water partition coefficient (Wildman–Crippen LogP) is 2.83. The molecule has 0 amide bonds. The quantitative estimate of drug-likeness (QED) is 0.885. The molecule has 1 aliphatic rings. The Bertz CT molecular complexity index is 423. The van der Waals surface area contributed by atoms with Gasteiger partial charge in [0, 0.05) is 0 Å². The van der Waals surface area contributed by atoms with E-state index in [2.05, 4.69) is 4.98 Å². The highest BCUT2D eigenvalue weighted by molar-refractivity contribution is 5.14. The van der Waals surface area contributed by atoms with Crippen LogP contribution in [0.4, 0.5) is 4.39 Å².